The largest absolute Gasteiger partial charge is 0.437 e. The summed E-state index contributed by atoms with van der Waals surface area (Å²) in [5.74, 6) is 1.98. The molecule has 122 valence electrons. The Bertz CT molecular complexity index is 648. The van der Waals surface area contributed by atoms with Crippen molar-refractivity contribution in [1.29, 1.82) is 0 Å². The van der Waals surface area contributed by atoms with Gasteiger partial charge in [0.05, 0.1) is 11.4 Å². The van der Waals surface area contributed by atoms with Gasteiger partial charge in [-0.25, -0.2) is 15.0 Å². The van der Waals surface area contributed by atoms with Crippen LogP contribution in [0.1, 0.15) is 11.5 Å². The van der Waals surface area contributed by atoms with E-state index in [4.69, 9.17) is 4.42 Å². The molecule has 1 saturated heterocycles. The van der Waals surface area contributed by atoms with Gasteiger partial charge >= 0.3 is 0 Å². The maximum Gasteiger partial charge on any atom is 0.256 e. The zero-order chi connectivity index (χ0) is 16.2. The second-order valence-electron chi connectivity index (χ2n) is 5.33. The summed E-state index contributed by atoms with van der Waals surface area (Å²) in [7, 11) is 0. The van der Waals surface area contributed by atoms with Gasteiger partial charge in [-0.3, -0.25) is 4.79 Å². The van der Waals surface area contributed by atoms with Gasteiger partial charge in [0.15, 0.2) is 0 Å². The molecule has 23 heavy (non-hydrogen) atoms. The second kappa shape index (κ2) is 6.99. The minimum atomic E-state index is 0.108. The molecule has 0 unspecified atom stereocenters. The highest BCUT2D eigenvalue weighted by Gasteiger charge is 2.22. The van der Waals surface area contributed by atoms with Gasteiger partial charge in [0.25, 0.3) is 5.22 Å². The van der Waals surface area contributed by atoms with Crippen LogP contribution in [0, 0.1) is 13.8 Å². The highest BCUT2D eigenvalue weighted by atomic mass is 32.2. The van der Waals surface area contributed by atoms with Gasteiger partial charge in [0.2, 0.25) is 11.9 Å². The Balaban J connectivity index is 1.48. The Morgan fingerprint density at radius 3 is 2.52 bits per heavy atom. The molecule has 0 N–H and O–H groups in total. The lowest BCUT2D eigenvalue weighted by Crippen LogP contribution is -2.49. The predicted molar refractivity (Wildman–Crippen MR) is 87.5 cm³/mol. The molecule has 7 nitrogen and oxygen atoms in total. The zero-order valence-electron chi connectivity index (χ0n) is 13.2. The Morgan fingerprint density at radius 2 is 1.91 bits per heavy atom. The molecule has 1 fully saturated rings. The molecule has 3 heterocycles. The number of hydrogen-bond donors (Lipinski definition) is 0. The molecule has 0 saturated carbocycles. The molecule has 3 rings (SSSR count). The van der Waals surface area contributed by atoms with Crippen molar-refractivity contribution in [3.63, 3.8) is 0 Å². The second-order valence-corrected chi connectivity index (χ2v) is 6.25. The minimum absolute atomic E-state index is 0.108. The van der Waals surface area contributed by atoms with E-state index >= 15 is 0 Å². The molecule has 2 aromatic heterocycles. The van der Waals surface area contributed by atoms with Crippen molar-refractivity contribution >= 4 is 23.6 Å². The lowest BCUT2D eigenvalue weighted by atomic mass is 10.3. The Labute approximate surface area is 139 Å². The van der Waals surface area contributed by atoms with Crippen LogP contribution in [0.5, 0.6) is 0 Å². The van der Waals surface area contributed by atoms with Gasteiger partial charge < -0.3 is 14.2 Å². The number of nitrogens with zero attached hydrogens (tertiary/aromatic N) is 5. The number of oxazole rings is 1. The first-order valence-electron chi connectivity index (χ1n) is 7.50. The Hall–Kier alpha value is -2.09. The topological polar surface area (TPSA) is 75.4 Å². The fourth-order valence-electron chi connectivity index (χ4n) is 2.33. The molecular formula is C15H19N5O2S. The van der Waals surface area contributed by atoms with E-state index in [1.165, 1.54) is 11.8 Å². The summed E-state index contributed by atoms with van der Waals surface area (Å²) in [6.07, 6.45) is 3.47. The molecule has 1 aliphatic rings. The fourth-order valence-corrected chi connectivity index (χ4v) is 3.15. The van der Waals surface area contributed by atoms with Crippen LogP contribution < -0.4 is 4.90 Å². The molecule has 0 spiro atoms. The molecule has 0 aromatic carbocycles. The maximum absolute atomic E-state index is 12.3. The van der Waals surface area contributed by atoms with Gasteiger partial charge in [0, 0.05) is 38.6 Å². The molecular weight excluding hydrogens is 314 g/mol. The average molecular weight is 333 g/mol. The highest BCUT2D eigenvalue weighted by Crippen LogP contribution is 2.21. The van der Waals surface area contributed by atoms with E-state index in [0.717, 1.165) is 30.5 Å². The fraction of sp³-hybridized carbons (Fsp3) is 0.467. The standard InChI is InChI=1S/C15H19N5O2S/c1-11-12(2)22-15(18-11)23-10-13(21)19-6-8-20(9-7-19)14-16-4-3-5-17-14/h3-5H,6-10H2,1-2H3. The summed E-state index contributed by atoms with van der Waals surface area (Å²) >= 11 is 1.35. The predicted octanol–water partition coefficient (Wildman–Crippen LogP) is 1.52. The van der Waals surface area contributed by atoms with E-state index in [0.29, 0.717) is 24.1 Å². The van der Waals surface area contributed by atoms with Crippen LogP contribution >= 0.6 is 11.8 Å². The van der Waals surface area contributed by atoms with Gasteiger partial charge in [-0.1, -0.05) is 11.8 Å². The summed E-state index contributed by atoms with van der Waals surface area (Å²) in [6, 6.07) is 1.80. The summed E-state index contributed by atoms with van der Waals surface area (Å²) < 4.78 is 5.48. The number of anilines is 1. The number of aryl methyl sites for hydroxylation is 2. The quantitative estimate of drug-likeness (QED) is 0.785. The maximum atomic E-state index is 12.3. The number of thioether (sulfide) groups is 1. The number of rotatable bonds is 4. The van der Waals surface area contributed by atoms with E-state index in [2.05, 4.69) is 19.9 Å². The van der Waals surface area contributed by atoms with Gasteiger partial charge in [0.1, 0.15) is 5.76 Å². The van der Waals surface area contributed by atoms with Crippen molar-refractivity contribution in [2.24, 2.45) is 0 Å². The zero-order valence-corrected chi connectivity index (χ0v) is 14.0. The van der Waals surface area contributed by atoms with Crippen molar-refractivity contribution in [3.8, 4) is 0 Å². The first-order chi connectivity index (χ1) is 11.1. The van der Waals surface area contributed by atoms with Gasteiger partial charge in [-0.15, -0.1) is 0 Å². The first kappa shape index (κ1) is 15.8. The van der Waals surface area contributed by atoms with Crippen LogP contribution in [0.3, 0.4) is 0 Å². The third-order valence-corrected chi connectivity index (χ3v) is 4.61. The van der Waals surface area contributed by atoms with Crippen molar-refractivity contribution in [1.82, 2.24) is 19.9 Å². The monoisotopic (exact) mass is 333 g/mol. The summed E-state index contributed by atoms with van der Waals surface area (Å²) in [6.45, 7) is 6.63. The number of aromatic nitrogens is 3. The Morgan fingerprint density at radius 1 is 1.22 bits per heavy atom. The summed E-state index contributed by atoms with van der Waals surface area (Å²) in [4.78, 5) is 29.0. The number of amides is 1. The van der Waals surface area contributed by atoms with E-state index in [1.54, 1.807) is 18.5 Å². The SMILES string of the molecule is Cc1nc(SCC(=O)N2CCN(c3ncccn3)CC2)oc1C. The van der Waals surface area contributed by atoms with Crippen LogP contribution in [0.25, 0.3) is 0 Å². The third-order valence-electron chi connectivity index (χ3n) is 3.80. The lowest BCUT2D eigenvalue weighted by Gasteiger charge is -2.34. The van der Waals surface area contributed by atoms with Crippen molar-refractivity contribution in [3.05, 3.63) is 29.9 Å². The van der Waals surface area contributed by atoms with Crippen molar-refractivity contribution in [2.75, 3.05) is 36.8 Å². The van der Waals surface area contributed by atoms with Crippen LogP contribution in [-0.4, -0.2) is 57.7 Å². The van der Waals surface area contributed by atoms with Gasteiger partial charge in [-0.2, -0.15) is 0 Å². The summed E-state index contributed by atoms with van der Waals surface area (Å²) in [5, 5.41) is 0.560. The molecule has 0 bridgehead atoms. The molecule has 1 aliphatic heterocycles. The van der Waals surface area contributed by atoms with Crippen LogP contribution in [0.4, 0.5) is 5.95 Å². The number of piperazine rings is 1. The van der Waals surface area contributed by atoms with E-state index in [1.807, 2.05) is 18.7 Å². The smallest absolute Gasteiger partial charge is 0.256 e. The third kappa shape index (κ3) is 3.82. The highest BCUT2D eigenvalue weighted by molar-refractivity contribution is 7.99. The molecule has 0 atom stereocenters. The van der Waals surface area contributed by atoms with Crippen LogP contribution in [0.2, 0.25) is 0 Å². The summed E-state index contributed by atoms with van der Waals surface area (Å²) in [5.41, 5.74) is 0.872. The molecule has 0 aliphatic carbocycles. The molecule has 8 heteroatoms. The first-order valence-corrected chi connectivity index (χ1v) is 8.48. The van der Waals surface area contributed by atoms with Gasteiger partial charge in [-0.05, 0) is 19.9 Å². The normalized spacial score (nSPS) is 15.0. The number of hydrogen-bond acceptors (Lipinski definition) is 7. The van der Waals surface area contributed by atoms with Crippen LogP contribution in [-0.2, 0) is 4.79 Å². The molecule has 0 radical (unpaired) electrons. The number of carbonyl (C=O) groups is 1. The van der Waals surface area contributed by atoms with Crippen molar-refractivity contribution < 1.29 is 9.21 Å². The Kier molecular flexibility index (Phi) is 4.80. The number of carbonyl (C=O) groups excluding carboxylic acids is 1. The average Bonchev–Trinajstić information content (AvgIpc) is 2.92. The van der Waals surface area contributed by atoms with E-state index in [9.17, 15) is 4.79 Å². The molecule has 2 aromatic rings. The van der Waals surface area contributed by atoms with E-state index in [-0.39, 0.29) is 5.91 Å². The van der Waals surface area contributed by atoms with E-state index < -0.39 is 0 Å². The van der Waals surface area contributed by atoms with Crippen LogP contribution in [0.15, 0.2) is 28.1 Å². The minimum Gasteiger partial charge on any atom is -0.437 e. The van der Waals surface area contributed by atoms with Crippen molar-refractivity contribution in [2.45, 2.75) is 19.1 Å². The lowest BCUT2D eigenvalue weighted by molar-refractivity contribution is -0.128. The molecule has 1 amide bonds.